The SMILES string of the molecule is CCC(c1nc2sccc2c(=O)n1Cc1ccccc1)[As](CCNC)Cc1ccc(Br)cc1. The van der Waals surface area contributed by atoms with Gasteiger partial charge in [-0.05, 0) is 0 Å². The molecule has 0 fully saturated rings. The summed E-state index contributed by atoms with van der Waals surface area (Å²) in [5, 5.41) is 8.34. The van der Waals surface area contributed by atoms with Gasteiger partial charge in [-0.15, -0.1) is 0 Å². The predicted octanol–water partition coefficient (Wildman–Crippen LogP) is 5.80. The van der Waals surface area contributed by atoms with Crippen LogP contribution in [0.25, 0.3) is 10.2 Å². The van der Waals surface area contributed by atoms with E-state index in [4.69, 9.17) is 4.98 Å². The second-order valence-corrected chi connectivity index (χ2v) is 15.3. The van der Waals surface area contributed by atoms with Gasteiger partial charge in [0.05, 0.1) is 0 Å². The number of hydrogen-bond acceptors (Lipinski definition) is 4. The van der Waals surface area contributed by atoms with E-state index in [0.717, 1.165) is 44.3 Å². The molecule has 2 heterocycles. The summed E-state index contributed by atoms with van der Waals surface area (Å²) in [7, 11) is 2.02. The van der Waals surface area contributed by atoms with Crippen molar-refractivity contribution >= 4 is 52.1 Å². The van der Waals surface area contributed by atoms with Crippen molar-refractivity contribution in [2.75, 3.05) is 13.6 Å². The van der Waals surface area contributed by atoms with Crippen molar-refractivity contribution in [3.05, 3.63) is 97.8 Å². The van der Waals surface area contributed by atoms with Crippen LogP contribution in [0.15, 0.2) is 75.3 Å². The van der Waals surface area contributed by atoms with Gasteiger partial charge in [0.1, 0.15) is 0 Å². The van der Waals surface area contributed by atoms with E-state index >= 15 is 0 Å². The van der Waals surface area contributed by atoms with Gasteiger partial charge in [0.2, 0.25) is 0 Å². The van der Waals surface area contributed by atoms with Gasteiger partial charge in [0.15, 0.2) is 0 Å². The number of nitrogens with one attached hydrogen (secondary N) is 1. The number of fused-ring (bicyclic) bond motifs is 1. The molecule has 0 spiro atoms. The molecular weight excluding hydrogens is 557 g/mol. The maximum atomic E-state index is 13.6. The number of rotatable bonds is 10. The monoisotopic (exact) mass is 585 g/mol. The second-order valence-electron chi connectivity index (χ2n) is 8.11. The van der Waals surface area contributed by atoms with Crippen LogP contribution in [-0.4, -0.2) is 37.8 Å². The van der Waals surface area contributed by atoms with Gasteiger partial charge in [0.25, 0.3) is 0 Å². The van der Waals surface area contributed by atoms with Crippen molar-refractivity contribution < 1.29 is 0 Å². The molecule has 0 saturated carbocycles. The number of aromatic nitrogens is 2. The van der Waals surface area contributed by atoms with Crippen molar-refractivity contribution in [1.82, 2.24) is 14.9 Å². The Hall–Kier alpha value is -1.72. The van der Waals surface area contributed by atoms with Gasteiger partial charge in [-0.25, -0.2) is 0 Å². The molecule has 2 atom stereocenters. The first-order valence-corrected chi connectivity index (χ1v) is 16.7. The van der Waals surface area contributed by atoms with Gasteiger partial charge < -0.3 is 0 Å². The molecule has 2 unspecified atom stereocenters. The summed E-state index contributed by atoms with van der Waals surface area (Å²) in [5.41, 5.74) is 2.60. The first-order valence-electron chi connectivity index (χ1n) is 11.3. The van der Waals surface area contributed by atoms with Crippen molar-refractivity contribution in [2.24, 2.45) is 0 Å². The zero-order valence-corrected chi connectivity index (χ0v) is 23.3. The molecule has 172 valence electrons. The van der Waals surface area contributed by atoms with Crippen LogP contribution in [0.5, 0.6) is 0 Å². The summed E-state index contributed by atoms with van der Waals surface area (Å²) in [6.45, 7) is 3.82. The fraction of sp³-hybridized carbons (Fsp3) is 0.308. The standard InChI is InChI=1S/C26H29AsBrN3OS/c1-3-23(27(14-15-29-2)17-19-9-11-21(28)12-10-19)24-30-25-22(13-16-33-25)26(32)31(24)18-20-7-5-4-6-8-20/h4-13,16,23,29H,3,14-15,17-18H2,1-2H3. The molecule has 2 aromatic heterocycles. The van der Waals surface area contributed by atoms with E-state index in [1.165, 1.54) is 10.8 Å². The fourth-order valence-electron chi connectivity index (χ4n) is 4.17. The molecule has 0 saturated heterocycles. The van der Waals surface area contributed by atoms with Crippen LogP contribution >= 0.6 is 27.3 Å². The normalized spacial score (nSPS) is 13.3. The number of halogens is 1. The minimum atomic E-state index is -1.43. The van der Waals surface area contributed by atoms with Crippen LogP contribution in [0.2, 0.25) is 5.21 Å². The number of nitrogens with zero attached hydrogens (tertiary/aromatic N) is 2. The Kier molecular flexibility index (Phi) is 8.59. The Morgan fingerprint density at radius 1 is 1.09 bits per heavy atom. The molecule has 1 N–H and O–H groups in total. The maximum absolute atomic E-state index is 13.6. The van der Waals surface area contributed by atoms with E-state index in [2.05, 4.69) is 64.6 Å². The molecule has 4 rings (SSSR count). The Labute approximate surface area is 212 Å². The summed E-state index contributed by atoms with van der Waals surface area (Å²) >= 11 is 3.69. The fourth-order valence-corrected chi connectivity index (χ4v) is 11.3. The van der Waals surface area contributed by atoms with Gasteiger partial charge in [-0.1, -0.05) is 0 Å². The molecule has 0 aliphatic carbocycles. The third kappa shape index (κ3) is 5.86. The van der Waals surface area contributed by atoms with Crippen LogP contribution in [0, 0.1) is 0 Å². The molecule has 0 aliphatic heterocycles. The Morgan fingerprint density at radius 3 is 2.55 bits per heavy atom. The number of benzene rings is 2. The zero-order valence-electron chi connectivity index (χ0n) is 19.0. The first-order chi connectivity index (χ1) is 16.1. The van der Waals surface area contributed by atoms with Crippen molar-refractivity contribution in [2.45, 2.75) is 35.0 Å². The Bertz CT molecular complexity index is 1240. The average molecular weight is 586 g/mol. The summed E-state index contributed by atoms with van der Waals surface area (Å²) in [4.78, 5) is 19.6. The van der Waals surface area contributed by atoms with Crippen molar-refractivity contribution in [3.8, 4) is 0 Å². The van der Waals surface area contributed by atoms with Crippen LogP contribution in [0.4, 0.5) is 0 Å². The predicted molar refractivity (Wildman–Crippen MR) is 145 cm³/mol. The third-order valence-electron chi connectivity index (χ3n) is 5.87. The van der Waals surface area contributed by atoms with Crippen LogP contribution in [0.3, 0.4) is 0 Å². The van der Waals surface area contributed by atoms with Crippen molar-refractivity contribution in [1.29, 1.82) is 0 Å². The van der Waals surface area contributed by atoms with E-state index in [-0.39, 0.29) is 5.56 Å². The van der Waals surface area contributed by atoms with Crippen LogP contribution in [0.1, 0.15) is 35.0 Å². The van der Waals surface area contributed by atoms with Crippen molar-refractivity contribution in [3.63, 3.8) is 0 Å². The van der Waals surface area contributed by atoms with Gasteiger partial charge >= 0.3 is 213 Å². The quantitative estimate of drug-likeness (QED) is 0.239. The molecule has 4 aromatic rings. The van der Waals surface area contributed by atoms with Gasteiger partial charge in [0, 0.05) is 0 Å². The summed E-state index contributed by atoms with van der Waals surface area (Å²) in [6, 6.07) is 20.9. The second kappa shape index (κ2) is 11.6. The molecule has 33 heavy (non-hydrogen) atoms. The molecule has 0 bridgehead atoms. The molecule has 2 aromatic carbocycles. The first kappa shape index (κ1) is 24.4. The van der Waals surface area contributed by atoms with E-state index in [0.29, 0.717) is 11.3 Å². The van der Waals surface area contributed by atoms with E-state index in [1.807, 2.05) is 41.3 Å². The zero-order chi connectivity index (χ0) is 23.2. The van der Waals surface area contributed by atoms with Crippen LogP contribution in [-0.2, 0) is 11.8 Å². The summed E-state index contributed by atoms with van der Waals surface area (Å²) < 4.78 is 3.40. The van der Waals surface area contributed by atoms with Crippen LogP contribution < -0.4 is 10.9 Å². The molecule has 0 aliphatic rings. The number of thiophene rings is 1. The number of hydrogen-bond donors (Lipinski definition) is 1. The Balaban J connectivity index is 1.78. The van der Waals surface area contributed by atoms with Gasteiger partial charge in [-0.2, -0.15) is 0 Å². The van der Waals surface area contributed by atoms with E-state index in [1.54, 1.807) is 11.3 Å². The Morgan fingerprint density at radius 2 is 1.85 bits per heavy atom. The van der Waals surface area contributed by atoms with E-state index < -0.39 is 14.7 Å². The summed E-state index contributed by atoms with van der Waals surface area (Å²) in [6.07, 6.45) is 0.998. The molecular formula is C26H29AsBrN3OS. The molecule has 0 amide bonds. The van der Waals surface area contributed by atoms with Gasteiger partial charge in [-0.3, -0.25) is 0 Å². The molecule has 0 radical (unpaired) electrons. The average Bonchev–Trinajstić information content (AvgIpc) is 3.31. The molecule has 7 heteroatoms. The minimum absolute atomic E-state index is 0.0877. The van der Waals surface area contributed by atoms with E-state index in [9.17, 15) is 4.79 Å². The topological polar surface area (TPSA) is 46.9 Å². The summed E-state index contributed by atoms with van der Waals surface area (Å²) in [5.74, 6) is 0.981. The molecule has 4 nitrogen and oxygen atoms in total. The third-order valence-corrected chi connectivity index (χ3v) is 13.6.